The highest BCUT2D eigenvalue weighted by atomic mass is 15.5. The number of nitrogens with one attached hydrogen (secondary N) is 1. The van der Waals surface area contributed by atoms with Crippen LogP contribution in [0.25, 0.3) is 22.5 Å². The van der Waals surface area contributed by atoms with Gasteiger partial charge in [-0.2, -0.15) is 5.10 Å². The van der Waals surface area contributed by atoms with Gasteiger partial charge < -0.3 is 0 Å². The zero-order valence-corrected chi connectivity index (χ0v) is 16.4. The van der Waals surface area contributed by atoms with E-state index in [9.17, 15) is 0 Å². The molecule has 29 heavy (non-hydrogen) atoms. The molecule has 2 heterocycles. The molecule has 0 aliphatic heterocycles. The van der Waals surface area contributed by atoms with Crippen LogP contribution in [0.15, 0.2) is 48.5 Å². The van der Waals surface area contributed by atoms with E-state index < -0.39 is 0 Å². The number of aromatic nitrogens is 7. The van der Waals surface area contributed by atoms with Gasteiger partial charge in [-0.15, -0.1) is 5.10 Å². The lowest BCUT2D eigenvalue weighted by molar-refractivity contribution is 0.665. The van der Waals surface area contributed by atoms with Crippen LogP contribution in [0.4, 0.5) is 0 Å². The Balaban J connectivity index is 1.61. The van der Waals surface area contributed by atoms with Crippen LogP contribution in [-0.4, -0.2) is 35.4 Å². The van der Waals surface area contributed by atoms with Crippen LogP contribution in [0.1, 0.15) is 37.5 Å². The lowest BCUT2D eigenvalue weighted by atomic mass is 9.98. The van der Waals surface area contributed by atoms with Crippen molar-refractivity contribution in [2.75, 3.05) is 0 Å². The fourth-order valence-corrected chi connectivity index (χ4v) is 3.09. The average molecular weight is 383 g/mol. The molecule has 144 valence electrons. The lowest BCUT2D eigenvalue weighted by Crippen LogP contribution is -2.05. The first-order valence-electron chi connectivity index (χ1n) is 9.63. The molecule has 7 heteroatoms. The molecule has 7 nitrogen and oxygen atoms in total. The van der Waals surface area contributed by atoms with E-state index in [-0.39, 0.29) is 0 Å². The first-order chi connectivity index (χ1) is 14.3. The maximum absolute atomic E-state index is 4.58. The average Bonchev–Trinajstić information content (AvgIpc) is 3.43. The van der Waals surface area contributed by atoms with Crippen LogP contribution in [0.2, 0.25) is 0 Å². The van der Waals surface area contributed by atoms with Gasteiger partial charge in [-0.05, 0) is 33.0 Å². The van der Waals surface area contributed by atoms with E-state index in [1.54, 1.807) is 0 Å². The van der Waals surface area contributed by atoms with Gasteiger partial charge in [0.1, 0.15) is 0 Å². The van der Waals surface area contributed by atoms with Gasteiger partial charge in [-0.25, -0.2) is 14.8 Å². The predicted molar refractivity (Wildman–Crippen MR) is 111 cm³/mol. The number of nitrogens with zero attached hydrogens (tertiary/aromatic N) is 6. The molecular formula is C22H21N7. The van der Waals surface area contributed by atoms with Gasteiger partial charge in [0.05, 0.1) is 6.54 Å². The summed E-state index contributed by atoms with van der Waals surface area (Å²) in [5.74, 6) is 8.39. The summed E-state index contributed by atoms with van der Waals surface area (Å²) in [6, 6.07) is 16.5. The van der Waals surface area contributed by atoms with E-state index >= 15 is 0 Å². The molecule has 0 aliphatic carbocycles. The van der Waals surface area contributed by atoms with Crippen molar-refractivity contribution in [2.24, 2.45) is 0 Å². The Bertz CT molecular complexity index is 1150. The molecule has 0 atom stereocenters. The van der Waals surface area contributed by atoms with Crippen molar-refractivity contribution in [3.63, 3.8) is 0 Å². The monoisotopic (exact) mass is 383 g/mol. The van der Waals surface area contributed by atoms with Gasteiger partial charge in [0.2, 0.25) is 5.82 Å². The Morgan fingerprint density at radius 3 is 2.48 bits per heavy atom. The van der Waals surface area contributed by atoms with Gasteiger partial charge in [0.25, 0.3) is 0 Å². The van der Waals surface area contributed by atoms with E-state index in [4.69, 9.17) is 0 Å². The van der Waals surface area contributed by atoms with Crippen molar-refractivity contribution in [2.45, 2.75) is 33.2 Å². The highest BCUT2D eigenvalue weighted by molar-refractivity contribution is 5.80. The van der Waals surface area contributed by atoms with Gasteiger partial charge in [0.15, 0.2) is 11.6 Å². The molecule has 0 radical (unpaired) electrons. The van der Waals surface area contributed by atoms with Crippen molar-refractivity contribution in [3.8, 4) is 34.4 Å². The molecule has 0 fully saturated rings. The fourth-order valence-electron chi connectivity index (χ4n) is 3.09. The van der Waals surface area contributed by atoms with Gasteiger partial charge in [-0.1, -0.05) is 68.3 Å². The van der Waals surface area contributed by atoms with Crippen molar-refractivity contribution >= 4 is 0 Å². The second kappa shape index (κ2) is 8.48. The van der Waals surface area contributed by atoms with Gasteiger partial charge in [0, 0.05) is 18.4 Å². The van der Waals surface area contributed by atoms with Crippen molar-refractivity contribution in [1.82, 2.24) is 35.4 Å². The number of benzene rings is 2. The van der Waals surface area contributed by atoms with Crippen LogP contribution in [0, 0.1) is 11.8 Å². The first-order valence-corrected chi connectivity index (χ1v) is 9.63. The third-order valence-electron chi connectivity index (χ3n) is 4.53. The van der Waals surface area contributed by atoms with Crippen molar-refractivity contribution in [1.29, 1.82) is 0 Å². The summed E-state index contributed by atoms with van der Waals surface area (Å²) in [4.78, 5) is 4.52. The molecule has 1 N–H and O–H groups in total. The zero-order valence-electron chi connectivity index (χ0n) is 16.4. The van der Waals surface area contributed by atoms with Crippen LogP contribution in [0.3, 0.4) is 0 Å². The predicted octanol–water partition coefficient (Wildman–Crippen LogP) is 3.50. The van der Waals surface area contributed by atoms with Gasteiger partial charge in [-0.3, -0.25) is 0 Å². The number of aromatic amines is 1. The number of hydrogen-bond acceptors (Lipinski definition) is 5. The number of tetrazole rings is 1. The second-order valence-electron chi connectivity index (χ2n) is 6.51. The number of aryl methyl sites for hydroxylation is 1. The van der Waals surface area contributed by atoms with Crippen LogP contribution >= 0.6 is 0 Å². The highest BCUT2D eigenvalue weighted by Crippen LogP contribution is 2.29. The number of rotatable bonds is 5. The summed E-state index contributed by atoms with van der Waals surface area (Å²) in [5.41, 5.74) is 4.27. The third-order valence-corrected chi connectivity index (χ3v) is 4.53. The van der Waals surface area contributed by atoms with Crippen LogP contribution in [0.5, 0.6) is 0 Å². The molecule has 2 aromatic heterocycles. The van der Waals surface area contributed by atoms with Crippen molar-refractivity contribution in [3.05, 3.63) is 65.7 Å². The molecule has 0 saturated carbocycles. The van der Waals surface area contributed by atoms with E-state index in [0.29, 0.717) is 12.4 Å². The smallest absolute Gasteiger partial charge is 0.203 e. The van der Waals surface area contributed by atoms with Gasteiger partial charge >= 0.3 is 0 Å². The normalized spacial score (nSPS) is 10.6. The Kier molecular flexibility index (Phi) is 5.43. The molecule has 0 unspecified atom stereocenters. The minimum atomic E-state index is 0.634. The topological polar surface area (TPSA) is 85.2 Å². The minimum absolute atomic E-state index is 0.634. The molecule has 0 spiro atoms. The summed E-state index contributed by atoms with van der Waals surface area (Å²) in [5, 5.41) is 18.8. The number of H-pyrrole nitrogens is 1. The molecule has 0 aliphatic rings. The summed E-state index contributed by atoms with van der Waals surface area (Å²) >= 11 is 0. The Morgan fingerprint density at radius 2 is 1.79 bits per heavy atom. The zero-order chi connectivity index (χ0) is 20.1. The first kappa shape index (κ1) is 18.6. The standard InChI is InChI=1S/C22H21N7/c1-3-5-10-21-23-20(4-2)26-29(21)15-16-11-13-17(14-12-16)18-8-6-7-9-19(18)22-24-27-28-25-22/h6-9,11-14H,3-4,15H2,1-2H3,(H,24,25,27,28). The fraction of sp³-hybridized carbons (Fsp3) is 0.227. The second-order valence-corrected chi connectivity index (χ2v) is 6.51. The summed E-state index contributed by atoms with van der Waals surface area (Å²) < 4.78 is 1.88. The van der Waals surface area contributed by atoms with Crippen molar-refractivity contribution < 1.29 is 0 Å². The van der Waals surface area contributed by atoms with E-state index in [0.717, 1.165) is 46.7 Å². The molecule has 0 saturated heterocycles. The minimum Gasteiger partial charge on any atom is -0.239 e. The summed E-state index contributed by atoms with van der Waals surface area (Å²) in [7, 11) is 0. The molecule has 4 rings (SSSR count). The van der Waals surface area contributed by atoms with E-state index in [1.165, 1.54) is 0 Å². The third kappa shape index (κ3) is 4.06. The quantitative estimate of drug-likeness (QED) is 0.533. The Labute approximate surface area is 169 Å². The SMILES string of the molecule is CCC#Cc1nc(CC)nn1Cc1ccc(-c2ccccc2-c2nnn[nH]2)cc1. The van der Waals surface area contributed by atoms with Crippen LogP contribution < -0.4 is 0 Å². The van der Waals surface area contributed by atoms with E-state index in [1.807, 2.05) is 36.7 Å². The largest absolute Gasteiger partial charge is 0.239 e. The van der Waals surface area contributed by atoms with Crippen LogP contribution in [-0.2, 0) is 13.0 Å². The lowest BCUT2D eigenvalue weighted by Gasteiger charge is -2.09. The molecule has 0 bridgehead atoms. The maximum Gasteiger partial charge on any atom is 0.203 e. The summed E-state index contributed by atoms with van der Waals surface area (Å²) in [6.45, 7) is 4.71. The molecule has 4 aromatic rings. The highest BCUT2D eigenvalue weighted by Gasteiger charge is 2.11. The maximum atomic E-state index is 4.58. The Morgan fingerprint density at radius 1 is 1.00 bits per heavy atom. The molecular weight excluding hydrogens is 362 g/mol. The summed E-state index contributed by atoms with van der Waals surface area (Å²) in [6.07, 6.45) is 1.59. The van der Waals surface area contributed by atoms with E-state index in [2.05, 4.69) is 72.9 Å². The number of hydrogen-bond donors (Lipinski definition) is 1. The molecule has 2 aromatic carbocycles. The Hall–Kier alpha value is -3.79. The molecule has 0 amide bonds.